The van der Waals surface area contributed by atoms with Crippen LogP contribution in [0.5, 0.6) is 5.75 Å². The average molecular weight is 317 g/mol. The number of aromatic nitrogens is 1. The molecule has 0 spiro atoms. The van der Waals surface area contributed by atoms with Gasteiger partial charge in [0.2, 0.25) is 0 Å². The second kappa shape index (κ2) is 5.72. The van der Waals surface area contributed by atoms with Crippen molar-refractivity contribution in [2.75, 3.05) is 0 Å². The van der Waals surface area contributed by atoms with Gasteiger partial charge in [-0.05, 0) is 23.8 Å². The van der Waals surface area contributed by atoms with Gasteiger partial charge in [0.15, 0.2) is 6.29 Å². The Morgan fingerprint density at radius 1 is 1.00 bits per heavy atom. The van der Waals surface area contributed by atoms with E-state index in [1.54, 1.807) is 30.3 Å². The van der Waals surface area contributed by atoms with Gasteiger partial charge in [-0.25, -0.2) is 4.98 Å². The van der Waals surface area contributed by atoms with E-state index < -0.39 is 6.36 Å². The van der Waals surface area contributed by atoms with Gasteiger partial charge in [0.25, 0.3) is 0 Å². The molecule has 0 amide bonds. The summed E-state index contributed by atoms with van der Waals surface area (Å²) in [5.41, 5.74) is 1.95. The number of halogens is 3. The molecular weight excluding hydrogens is 307 g/mol. The Hall–Kier alpha value is -2.89. The van der Waals surface area contributed by atoms with Crippen LogP contribution in [0.4, 0.5) is 13.2 Å². The summed E-state index contributed by atoms with van der Waals surface area (Å²) >= 11 is 0. The molecule has 3 aromatic rings. The predicted molar refractivity (Wildman–Crippen MR) is 79.2 cm³/mol. The third-order valence-corrected chi connectivity index (χ3v) is 3.24. The Balaban J connectivity index is 2.13. The number of benzene rings is 2. The van der Waals surface area contributed by atoms with E-state index in [2.05, 4.69) is 9.72 Å². The van der Waals surface area contributed by atoms with Crippen molar-refractivity contribution in [1.29, 1.82) is 0 Å². The largest absolute Gasteiger partial charge is 0.573 e. The van der Waals surface area contributed by atoms with Crippen molar-refractivity contribution in [3.05, 3.63) is 60.3 Å². The Bertz CT molecular complexity index is 875. The minimum atomic E-state index is -4.75. The molecule has 0 N–H and O–H groups in total. The quantitative estimate of drug-likeness (QED) is 0.662. The van der Waals surface area contributed by atoms with Crippen molar-refractivity contribution in [3.63, 3.8) is 0 Å². The number of carbonyl (C=O) groups excluding carboxylic acids is 1. The molecule has 0 radical (unpaired) electrons. The van der Waals surface area contributed by atoms with Gasteiger partial charge in [-0.1, -0.05) is 36.4 Å². The molecule has 0 unspecified atom stereocenters. The lowest BCUT2D eigenvalue weighted by Gasteiger charge is -2.11. The van der Waals surface area contributed by atoms with Gasteiger partial charge in [-0.3, -0.25) is 4.79 Å². The van der Waals surface area contributed by atoms with Crippen molar-refractivity contribution in [2.24, 2.45) is 0 Å². The maximum Gasteiger partial charge on any atom is 0.573 e. The summed E-state index contributed by atoms with van der Waals surface area (Å²) < 4.78 is 41.0. The van der Waals surface area contributed by atoms with Gasteiger partial charge in [0.1, 0.15) is 11.4 Å². The second-order valence-electron chi connectivity index (χ2n) is 4.81. The van der Waals surface area contributed by atoms with E-state index >= 15 is 0 Å². The molecule has 3 nitrogen and oxygen atoms in total. The van der Waals surface area contributed by atoms with Crippen LogP contribution in [0.1, 0.15) is 10.5 Å². The number of ether oxygens (including phenoxy) is 1. The van der Waals surface area contributed by atoms with Gasteiger partial charge in [-0.2, -0.15) is 0 Å². The third-order valence-electron chi connectivity index (χ3n) is 3.24. The van der Waals surface area contributed by atoms with E-state index in [0.717, 1.165) is 5.39 Å². The summed E-state index contributed by atoms with van der Waals surface area (Å²) in [6, 6.07) is 14.3. The van der Waals surface area contributed by atoms with Crippen molar-refractivity contribution < 1.29 is 22.7 Å². The van der Waals surface area contributed by atoms with E-state index in [4.69, 9.17) is 0 Å². The number of hydrogen-bond acceptors (Lipinski definition) is 3. The van der Waals surface area contributed by atoms with Crippen LogP contribution in [0.2, 0.25) is 0 Å². The Labute approximate surface area is 129 Å². The van der Waals surface area contributed by atoms with E-state index in [1.807, 2.05) is 6.07 Å². The molecular formula is C17H10F3NO2. The second-order valence-corrected chi connectivity index (χ2v) is 4.81. The van der Waals surface area contributed by atoms with Crippen LogP contribution >= 0.6 is 0 Å². The molecule has 0 saturated heterocycles. The number of pyridine rings is 1. The molecule has 3 rings (SSSR count). The fourth-order valence-corrected chi connectivity index (χ4v) is 2.32. The van der Waals surface area contributed by atoms with Gasteiger partial charge < -0.3 is 4.74 Å². The van der Waals surface area contributed by atoms with E-state index in [9.17, 15) is 18.0 Å². The number of nitrogens with zero attached hydrogens (tertiary/aromatic N) is 1. The van der Waals surface area contributed by atoms with Gasteiger partial charge in [-0.15, -0.1) is 13.2 Å². The van der Waals surface area contributed by atoms with Crippen LogP contribution in [0.15, 0.2) is 54.6 Å². The van der Waals surface area contributed by atoms with Crippen LogP contribution < -0.4 is 4.74 Å². The van der Waals surface area contributed by atoms with Crippen molar-refractivity contribution >= 4 is 17.2 Å². The fraction of sp³-hybridized carbons (Fsp3) is 0.0588. The zero-order chi connectivity index (χ0) is 16.4. The number of alkyl halides is 3. The highest BCUT2D eigenvalue weighted by Crippen LogP contribution is 2.31. The molecule has 0 fully saturated rings. The van der Waals surface area contributed by atoms with Crippen LogP contribution in [-0.2, 0) is 0 Å². The monoisotopic (exact) mass is 317 g/mol. The zero-order valence-electron chi connectivity index (χ0n) is 11.7. The maximum atomic E-state index is 12.4. The first kappa shape index (κ1) is 15.0. The third kappa shape index (κ3) is 3.31. The molecule has 0 aliphatic heterocycles. The molecule has 116 valence electrons. The highest BCUT2D eigenvalue weighted by molar-refractivity contribution is 5.95. The van der Waals surface area contributed by atoms with E-state index in [0.29, 0.717) is 22.9 Å². The molecule has 0 saturated carbocycles. The summed E-state index contributed by atoms with van der Waals surface area (Å²) in [4.78, 5) is 15.1. The lowest BCUT2D eigenvalue weighted by Crippen LogP contribution is -2.17. The van der Waals surface area contributed by atoms with Crippen LogP contribution in [0, 0.1) is 0 Å². The number of fused-ring (bicyclic) bond motifs is 1. The van der Waals surface area contributed by atoms with Crippen molar-refractivity contribution in [2.45, 2.75) is 6.36 Å². The summed E-state index contributed by atoms with van der Waals surface area (Å²) in [7, 11) is 0. The lowest BCUT2D eigenvalue weighted by atomic mass is 10.0. The SMILES string of the molecule is O=Cc1ccc2cccc(-c3cccc(OC(F)(F)F)c3)c2n1. The minimum Gasteiger partial charge on any atom is -0.406 e. The first-order chi connectivity index (χ1) is 11.0. The smallest absolute Gasteiger partial charge is 0.406 e. The highest BCUT2D eigenvalue weighted by atomic mass is 19.4. The Morgan fingerprint density at radius 2 is 1.78 bits per heavy atom. The normalized spacial score (nSPS) is 11.4. The standard InChI is InChI=1S/C17H10F3NO2/c18-17(19,20)23-14-5-1-4-12(9-14)15-6-2-3-11-7-8-13(10-22)21-16(11)15/h1-10H. The summed E-state index contributed by atoms with van der Waals surface area (Å²) in [6.07, 6.45) is -4.13. The average Bonchev–Trinajstić information content (AvgIpc) is 2.52. The lowest BCUT2D eigenvalue weighted by molar-refractivity contribution is -0.274. The number of hydrogen-bond donors (Lipinski definition) is 0. The van der Waals surface area contributed by atoms with Crippen LogP contribution in [0.3, 0.4) is 0 Å². The minimum absolute atomic E-state index is 0.257. The molecule has 0 atom stereocenters. The maximum absolute atomic E-state index is 12.4. The molecule has 0 aliphatic carbocycles. The Morgan fingerprint density at radius 3 is 2.52 bits per heavy atom. The summed E-state index contributed by atoms with van der Waals surface area (Å²) in [5, 5.41) is 0.787. The summed E-state index contributed by atoms with van der Waals surface area (Å²) in [5.74, 6) is -0.307. The highest BCUT2D eigenvalue weighted by Gasteiger charge is 2.31. The van der Waals surface area contributed by atoms with Gasteiger partial charge >= 0.3 is 6.36 Å². The van der Waals surface area contributed by atoms with Crippen LogP contribution in [-0.4, -0.2) is 17.6 Å². The fourth-order valence-electron chi connectivity index (χ4n) is 2.32. The van der Waals surface area contributed by atoms with Crippen LogP contribution in [0.25, 0.3) is 22.0 Å². The van der Waals surface area contributed by atoms with Crippen molar-refractivity contribution in [1.82, 2.24) is 4.98 Å². The first-order valence-corrected chi connectivity index (χ1v) is 6.67. The van der Waals surface area contributed by atoms with E-state index in [-0.39, 0.29) is 11.4 Å². The number of para-hydroxylation sites is 1. The molecule has 1 aromatic heterocycles. The molecule has 23 heavy (non-hydrogen) atoms. The zero-order valence-corrected chi connectivity index (χ0v) is 11.7. The molecule has 1 heterocycles. The first-order valence-electron chi connectivity index (χ1n) is 6.67. The predicted octanol–water partition coefficient (Wildman–Crippen LogP) is 4.61. The Kier molecular flexibility index (Phi) is 3.73. The topological polar surface area (TPSA) is 39.2 Å². The number of aldehydes is 1. The molecule has 2 aromatic carbocycles. The molecule has 6 heteroatoms. The van der Waals surface area contributed by atoms with Gasteiger partial charge in [0.05, 0.1) is 5.52 Å². The number of rotatable bonds is 3. The molecule has 0 aliphatic rings. The number of carbonyl (C=O) groups is 1. The molecule has 0 bridgehead atoms. The van der Waals surface area contributed by atoms with E-state index in [1.165, 1.54) is 18.2 Å². The van der Waals surface area contributed by atoms with Crippen molar-refractivity contribution in [3.8, 4) is 16.9 Å². The summed E-state index contributed by atoms with van der Waals surface area (Å²) in [6.45, 7) is 0. The van der Waals surface area contributed by atoms with Gasteiger partial charge in [0, 0.05) is 10.9 Å².